The standard InChI is InChI=1S/C12H17N3O/c1-8(2)15-10-9(6-5-7-13-10)14-11(16)12(15,3)4/h5-8H,1-4H3,(H,14,16). The maximum absolute atomic E-state index is 12.0. The van der Waals surface area contributed by atoms with Gasteiger partial charge >= 0.3 is 0 Å². The lowest BCUT2D eigenvalue weighted by Crippen LogP contribution is -2.58. The summed E-state index contributed by atoms with van der Waals surface area (Å²) in [6.45, 7) is 7.97. The zero-order valence-corrected chi connectivity index (χ0v) is 10.1. The molecule has 0 atom stereocenters. The van der Waals surface area contributed by atoms with Gasteiger partial charge in [-0.25, -0.2) is 4.98 Å². The van der Waals surface area contributed by atoms with Gasteiger partial charge in [0.2, 0.25) is 5.91 Å². The highest BCUT2D eigenvalue weighted by Crippen LogP contribution is 2.35. The van der Waals surface area contributed by atoms with E-state index in [0.29, 0.717) is 0 Å². The molecule has 1 aliphatic heterocycles. The number of anilines is 2. The van der Waals surface area contributed by atoms with Crippen LogP contribution in [0.5, 0.6) is 0 Å². The zero-order valence-electron chi connectivity index (χ0n) is 10.1. The van der Waals surface area contributed by atoms with Gasteiger partial charge in [-0.3, -0.25) is 4.79 Å². The largest absolute Gasteiger partial charge is 0.338 e. The molecule has 0 aromatic carbocycles. The minimum Gasteiger partial charge on any atom is -0.338 e. The Morgan fingerprint density at radius 1 is 1.44 bits per heavy atom. The first kappa shape index (κ1) is 10.9. The molecule has 1 amide bonds. The summed E-state index contributed by atoms with van der Waals surface area (Å²) in [5, 5.41) is 2.89. The van der Waals surface area contributed by atoms with E-state index >= 15 is 0 Å². The van der Waals surface area contributed by atoms with E-state index in [-0.39, 0.29) is 11.9 Å². The van der Waals surface area contributed by atoms with Crippen LogP contribution in [0.15, 0.2) is 18.3 Å². The number of amides is 1. The number of carbonyl (C=O) groups excluding carboxylic acids is 1. The Morgan fingerprint density at radius 3 is 2.75 bits per heavy atom. The van der Waals surface area contributed by atoms with Crippen LogP contribution in [-0.2, 0) is 4.79 Å². The van der Waals surface area contributed by atoms with E-state index in [1.807, 2.05) is 26.0 Å². The third kappa shape index (κ3) is 1.45. The molecule has 1 N–H and O–H groups in total. The summed E-state index contributed by atoms with van der Waals surface area (Å²) in [5.41, 5.74) is 0.232. The normalized spacial score (nSPS) is 18.3. The van der Waals surface area contributed by atoms with Crippen LogP contribution in [0.25, 0.3) is 0 Å². The van der Waals surface area contributed by atoms with Crippen LogP contribution in [0.3, 0.4) is 0 Å². The predicted molar refractivity (Wildman–Crippen MR) is 64.6 cm³/mol. The smallest absolute Gasteiger partial charge is 0.249 e. The average molecular weight is 219 g/mol. The molecule has 2 rings (SSSR count). The molecule has 4 heteroatoms. The highest BCUT2D eigenvalue weighted by Gasteiger charge is 2.41. The predicted octanol–water partition coefficient (Wildman–Crippen LogP) is 2.03. The Kier molecular flexibility index (Phi) is 2.37. The van der Waals surface area contributed by atoms with Gasteiger partial charge in [-0.2, -0.15) is 0 Å². The van der Waals surface area contributed by atoms with Crippen molar-refractivity contribution in [1.82, 2.24) is 4.98 Å². The van der Waals surface area contributed by atoms with Crippen molar-refractivity contribution in [1.29, 1.82) is 0 Å². The summed E-state index contributed by atoms with van der Waals surface area (Å²) in [5.74, 6) is 0.865. The van der Waals surface area contributed by atoms with E-state index in [4.69, 9.17) is 0 Å². The number of hydrogen-bond acceptors (Lipinski definition) is 3. The molecule has 0 saturated carbocycles. The van der Waals surface area contributed by atoms with E-state index in [9.17, 15) is 4.79 Å². The third-order valence-corrected chi connectivity index (χ3v) is 2.94. The van der Waals surface area contributed by atoms with Crippen molar-refractivity contribution in [2.45, 2.75) is 39.3 Å². The molecule has 0 spiro atoms. The first-order valence-corrected chi connectivity index (χ1v) is 5.50. The summed E-state index contributed by atoms with van der Waals surface area (Å²) < 4.78 is 0. The number of rotatable bonds is 1. The van der Waals surface area contributed by atoms with Gasteiger partial charge in [0, 0.05) is 12.2 Å². The van der Waals surface area contributed by atoms with Gasteiger partial charge in [-0.1, -0.05) is 0 Å². The molecule has 86 valence electrons. The Labute approximate surface area is 95.7 Å². The van der Waals surface area contributed by atoms with Crippen molar-refractivity contribution < 1.29 is 4.79 Å². The Morgan fingerprint density at radius 2 is 2.12 bits per heavy atom. The molecule has 0 unspecified atom stereocenters. The maximum atomic E-state index is 12.0. The van der Waals surface area contributed by atoms with Crippen molar-refractivity contribution in [2.75, 3.05) is 10.2 Å². The number of aromatic nitrogens is 1. The van der Waals surface area contributed by atoms with Crippen LogP contribution < -0.4 is 10.2 Å². The second-order valence-electron chi connectivity index (χ2n) is 4.85. The lowest BCUT2D eigenvalue weighted by atomic mass is 9.96. The van der Waals surface area contributed by atoms with Crippen molar-refractivity contribution in [2.24, 2.45) is 0 Å². The number of hydrogen-bond donors (Lipinski definition) is 1. The maximum Gasteiger partial charge on any atom is 0.249 e. The van der Waals surface area contributed by atoms with Crippen molar-refractivity contribution in [3.63, 3.8) is 0 Å². The van der Waals surface area contributed by atoms with Crippen molar-refractivity contribution in [3.05, 3.63) is 18.3 Å². The van der Waals surface area contributed by atoms with Crippen molar-refractivity contribution >= 4 is 17.4 Å². The van der Waals surface area contributed by atoms with Gasteiger partial charge in [0.15, 0.2) is 5.82 Å². The molecule has 4 nitrogen and oxygen atoms in total. The lowest BCUT2D eigenvalue weighted by Gasteiger charge is -2.45. The van der Waals surface area contributed by atoms with Crippen LogP contribution >= 0.6 is 0 Å². The summed E-state index contributed by atoms with van der Waals surface area (Å²) >= 11 is 0. The molecule has 1 aromatic heterocycles. The summed E-state index contributed by atoms with van der Waals surface area (Å²) in [6, 6.07) is 3.94. The molecule has 0 saturated heterocycles. The fourth-order valence-corrected chi connectivity index (χ4v) is 2.23. The number of carbonyl (C=O) groups is 1. The second-order valence-corrected chi connectivity index (χ2v) is 4.85. The minimum absolute atomic E-state index is 0.0155. The van der Waals surface area contributed by atoms with Gasteiger partial charge in [0.25, 0.3) is 0 Å². The van der Waals surface area contributed by atoms with Gasteiger partial charge in [0.1, 0.15) is 5.54 Å². The van der Waals surface area contributed by atoms with E-state index in [2.05, 4.69) is 29.0 Å². The molecule has 1 aliphatic rings. The second kappa shape index (κ2) is 3.47. The molecular formula is C12H17N3O. The third-order valence-electron chi connectivity index (χ3n) is 2.94. The van der Waals surface area contributed by atoms with E-state index in [1.165, 1.54) is 0 Å². The Balaban J connectivity index is 2.58. The van der Waals surface area contributed by atoms with E-state index in [1.54, 1.807) is 6.20 Å². The first-order chi connectivity index (χ1) is 7.44. The molecule has 0 bridgehead atoms. The molecule has 0 aliphatic carbocycles. The molecule has 1 aromatic rings. The van der Waals surface area contributed by atoms with E-state index in [0.717, 1.165) is 11.5 Å². The van der Waals surface area contributed by atoms with Crippen molar-refractivity contribution in [3.8, 4) is 0 Å². The van der Waals surface area contributed by atoms with Gasteiger partial charge in [0.05, 0.1) is 5.69 Å². The van der Waals surface area contributed by atoms with Crippen LogP contribution in [0, 0.1) is 0 Å². The molecule has 16 heavy (non-hydrogen) atoms. The number of fused-ring (bicyclic) bond motifs is 1. The first-order valence-electron chi connectivity index (χ1n) is 5.50. The van der Waals surface area contributed by atoms with E-state index < -0.39 is 5.54 Å². The average Bonchev–Trinajstić information content (AvgIpc) is 2.18. The topological polar surface area (TPSA) is 45.2 Å². The van der Waals surface area contributed by atoms with Crippen LogP contribution in [0.1, 0.15) is 27.7 Å². The Hall–Kier alpha value is -1.58. The summed E-state index contributed by atoms with van der Waals surface area (Å²) in [7, 11) is 0. The monoisotopic (exact) mass is 219 g/mol. The Bertz CT molecular complexity index is 426. The fourth-order valence-electron chi connectivity index (χ4n) is 2.23. The molecule has 2 heterocycles. The van der Waals surface area contributed by atoms with Gasteiger partial charge in [-0.05, 0) is 39.8 Å². The number of nitrogens with one attached hydrogen (secondary N) is 1. The van der Waals surface area contributed by atoms with Crippen LogP contribution in [0.2, 0.25) is 0 Å². The van der Waals surface area contributed by atoms with Crippen LogP contribution in [-0.4, -0.2) is 22.5 Å². The summed E-state index contributed by atoms with van der Waals surface area (Å²) in [4.78, 5) is 18.4. The van der Waals surface area contributed by atoms with Crippen LogP contribution in [0.4, 0.5) is 11.5 Å². The van der Waals surface area contributed by atoms with Gasteiger partial charge in [-0.15, -0.1) is 0 Å². The molecule has 0 fully saturated rings. The fraction of sp³-hybridized carbons (Fsp3) is 0.500. The minimum atomic E-state index is -0.560. The number of pyridine rings is 1. The molecule has 0 radical (unpaired) electrons. The summed E-state index contributed by atoms with van der Waals surface area (Å²) in [6.07, 6.45) is 1.75. The zero-order chi connectivity index (χ0) is 11.9. The quantitative estimate of drug-likeness (QED) is 0.786. The lowest BCUT2D eigenvalue weighted by molar-refractivity contribution is -0.120. The van der Waals surface area contributed by atoms with Gasteiger partial charge < -0.3 is 10.2 Å². The highest BCUT2D eigenvalue weighted by atomic mass is 16.2. The molecular weight excluding hydrogens is 202 g/mol. The SMILES string of the molecule is CC(C)N1c2ncccc2NC(=O)C1(C)C. The highest BCUT2D eigenvalue weighted by molar-refractivity contribution is 6.05. The number of nitrogens with zero attached hydrogens (tertiary/aromatic N) is 2.